The summed E-state index contributed by atoms with van der Waals surface area (Å²) in [4.78, 5) is 45.3. The van der Waals surface area contributed by atoms with Gasteiger partial charge in [-0.3, -0.25) is 19.2 Å². The molecule has 0 aliphatic heterocycles. The van der Waals surface area contributed by atoms with Crippen molar-refractivity contribution in [2.45, 2.75) is 39.7 Å². The lowest BCUT2D eigenvalue weighted by Gasteiger charge is -2.26. The summed E-state index contributed by atoms with van der Waals surface area (Å²) in [6, 6.07) is 0.129. The lowest BCUT2D eigenvalue weighted by atomic mass is 10.4. The molecule has 0 fully saturated rings. The van der Waals surface area contributed by atoms with Gasteiger partial charge in [-0.1, -0.05) is 19.9 Å². The summed E-state index contributed by atoms with van der Waals surface area (Å²) >= 11 is 0. The molecule has 0 atom stereocenters. The van der Waals surface area contributed by atoms with Gasteiger partial charge in [0.05, 0.1) is 6.04 Å². The minimum Gasteiger partial charge on any atom is -0.455 e. The van der Waals surface area contributed by atoms with E-state index in [1.165, 1.54) is 0 Å². The Hall–Kier alpha value is -2.16. The molecule has 8 nitrogen and oxygen atoms in total. The second-order valence-corrected chi connectivity index (χ2v) is 6.85. The lowest BCUT2D eigenvalue weighted by molar-refractivity contribution is -0.149. The minimum atomic E-state index is -3.81. The number of nitrogens with one attached hydrogen (secondary N) is 1. The lowest BCUT2D eigenvalue weighted by Crippen LogP contribution is -2.51. The van der Waals surface area contributed by atoms with Crippen molar-refractivity contribution >= 4 is 32.6 Å². The normalized spacial score (nSPS) is 10.3. The second kappa shape index (κ2) is 9.72. The molecule has 0 aliphatic rings. The Bertz CT molecular complexity index is 434. The molecule has 0 aromatic carbocycles. The summed E-state index contributed by atoms with van der Waals surface area (Å²) in [5.41, 5.74) is 0. The Balaban J connectivity index is 5.03. The third kappa shape index (κ3) is 8.20. The van der Waals surface area contributed by atoms with Crippen LogP contribution in [0.15, 0.2) is 12.7 Å². The molecule has 0 aromatic heterocycles. The van der Waals surface area contributed by atoms with Crippen LogP contribution < -0.4 is 5.32 Å². The van der Waals surface area contributed by atoms with Crippen molar-refractivity contribution < 1.29 is 32.5 Å². The van der Waals surface area contributed by atoms with E-state index in [0.29, 0.717) is 6.42 Å². The van der Waals surface area contributed by atoms with Crippen LogP contribution in [-0.2, 0) is 32.5 Å². The fourth-order valence-electron chi connectivity index (χ4n) is 1.49. The van der Waals surface area contributed by atoms with Crippen LogP contribution in [-0.4, -0.2) is 39.2 Å². The van der Waals surface area contributed by atoms with Crippen molar-refractivity contribution in [3.63, 3.8) is 0 Å². The van der Waals surface area contributed by atoms with Crippen LogP contribution in [0.2, 0.25) is 6.04 Å². The van der Waals surface area contributed by atoms with E-state index < -0.39 is 39.2 Å². The van der Waals surface area contributed by atoms with Crippen molar-refractivity contribution in [2.75, 3.05) is 6.54 Å². The Labute approximate surface area is 130 Å². The molecule has 1 amide bonds. The van der Waals surface area contributed by atoms with E-state index in [4.69, 9.17) is 13.3 Å². The van der Waals surface area contributed by atoms with Gasteiger partial charge < -0.3 is 18.6 Å². The number of hydrogen-bond donors (Lipinski definition) is 1. The standard InChI is InChI=1S/C13H21NO7Si/c1-5-7-8-22(19-10(3)15,20-11(4)16)21-13(18)9-14-12(17)6-2/h6H,2,5,7-9H2,1,3-4H3,(H,14,17). The van der Waals surface area contributed by atoms with E-state index in [0.717, 1.165) is 26.3 Å². The maximum Gasteiger partial charge on any atom is 0.705 e. The predicted molar refractivity (Wildman–Crippen MR) is 78.3 cm³/mol. The molecule has 0 bridgehead atoms. The molecule has 0 unspecified atom stereocenters. The van der Waals surface area contributed by atoms with Crippen molar-refractivity contribution in [1.82, 2.24) is 5.32 Å². The zero-order valence-electron chi connectivity index (χ0n) is 13.0. The van der Waals surface area contributed by atoms with E-state index in [2.05, 4.69) is 11.9 Å². The number of carbonyl (C=O) groups excluding carboxylic acids is 4. The highest BCUT2D eigenvalue weighted by Gasteiger charge is 2.51. The van der Waals surface area contributed by atoms with Gasteiger partial charge in [0, 0.05) is 13.8 Å². The second-order valence-electron chi connectivity index (χ2n) is 4.37. The van der Waals surface area contributed by atoms with Gasteiger partial charge in [0.15, 0.2) is 0 Å². The fraction of sp³-hybridized carbons (Fsp3) is 0.538. The van der Waals surface area contributed by atoms with Crippen LogP contribution in [0.1, 0.15) is 33.6 Å². The van der Waals surface area contributed by atoms with E-state index in [9.17, 15) is 19.2 Å². The highest BCUT2D eigenvalue weighted by atomic mass is 28.4. The summed E-state index contributed by atoms with van der Waals surface area (Å²) in [5.74, 6) is -2.85. The first kappa shape index (κ1) is 19.8. The molecule has 0 radical (unpaired) electrons. The monoisotopic (exact) mass is 331 g/mol. The van der Waals surface area contributed by atoms with Gasteiger partial charge >= 0.3 is 14.8 Å². The molecule has 0 heterocycles. The van der Waals surface area contributed by atoms with Crippen molar-refractivity contribution in [1.29, 1.82) is 0 Å². The van der Waals surface area contributed by atoms with Crippen LogP contribution in [0.5, 0.6) is 0 Å². The maximum atomic E-state index is 11.8. The fourth-order valence-corrected chi connectivity index (χ4v) is 4.00. The van der Waals surface area contributed by atoms with Gasteiger partial charge in [-0.25, -0.2) is 0 Å². The quantitative estimate of drug-likeness (QED) is 0.489. The average molecular weight is 331 g/mol. The van der Waals surface area contributed by atoms with Gasteiger partial charge in [-0.05, 0) is 12.5 Å². The largest absolute Gasteiger partial charge is 0.705 e. The average Bonchev–Trinajstić information content (AvgIpc) is 2.40. The molecule has 124 valence electrons. The first-order valence-electron chi connectivity index (χ1n) is 6.76. The third-order valence-electron chi connectivity index (χ3n) is 2.30. The van der Waals surface area contributed by atoms with Crippen molar-refractivity contribution in [3.8, 4) is 0 Å². The van der Waals surface area contributed by atoms with Crippen LogP contribution in [0.4, 0.5) is 0 Å². The summed E-state index contributed by atoms with van der Waals surface area (Å²) < 4.78 is 15.2. The third-order valence-corrected chi connectivity index (χ3v) is 5.00. The number of carbonyl (C=O) groups is 4. The van der Waals surface area contributed by atoms with Crippen LogP contribution in [0, 0.1) is 0 Å². The van der Waals surface area contributed by atoms with E-state index in [1.807, 2.05) is 6.92 Å². The summed E-state index contributed by atoms with van der Waals surface area (Å²) in [6.45, 7) is 6.93. The number of rotatable bonds is 9. The van der Waals surface area contributed by atoms with Crippen LogP contribution in [0.25, 0.3) is 0 Å². The first-order chi connectivity index (χ1) is 10.2. The predicted octanol–water partition coefficient (Wildman–Crippen LogP) is 0.697. The Kier molecular flexibility index (Phi) is 8.76. The van der Waals surface area contributed by atoms with Crippen LogP contribution >= 0.6 is 0 Å². The van der Waals surface area contributed by atoms with E-state index in [1.54, 1.807) is 0 Å². The molecular weight excluding hydrogens is 310 g/mol. The number of hydrogen-bond acceptors (Lipinski definition) is 7. The van der Waals surface area contributed by atoms with Crippen molar-refractivity contribution in [3.05, 3.63) is 12.7 Å². The number of amides is 1. The molecule has 0 saturated carbocycles. The SMILES string of the molecule is C=CC(=O)NCC(=O)O[Si](CCCC)(OC(C)=O)OC(C)=O. The van der Waals surface area contributed by atoms with Gasteiger partial charge in [-0.2, -0.15) is 0 Å². The summed E-state index contributed by atoms with van der Waals surface area (Å²) in [7, 11) is -3.81. The zero-order valence-corrected chi connectivity index (χ0v) is 14.0. The number of unbranched alkanes of at least 4 members (excludes halogenated alkanes) is 1. The highest BCUT2D eigenvalue weighted by molar-refractivity contribution is 6.65. The molecule has 0 aliphatic carbocycles. The molecule has 22 heavy (non-hydrogen) atoms. The molecule has 0 saturated heterocycles. The maximum absolute atomic E-state index is 11.8. The van der Waals surface area contributed by atoms with Gasteiger partial charge in [0.2, 0.25) is 5.91 Å². The molecule has 1 N–H and O–H groups in total. The van der Waals surface area contributed by atoms with Crippen molar-refractivity contribution in [2.24, 2.45) is 0 Å². The topological polar surface area (TPSA) is 108 Å². The Morgan fingerprint density at radius 1 is 1.09 bits per heavy atom. The highest BCUT2D eigenvalue weighted by Crippen LogP contribution is 2.20. The molecule has 9 heteroatoms. The van der Waals surface area contributed by atoms with Crippen LogP contribution in [0.3, 0.4) is 0 Å². The van der Waals surface area contributed by atoms with Gasteiger partial charge in [-0.15, -0.1) is 0 Å². The first-order valence-corrected chi connectivity index (χ1v) is 8.69. The molecule has 0 spiro atoms. The molecule has 0 rings (SSSR count). The molecule has 0 aromatic rings. The van der Waals surface area contributed by atoms with Gasteiger partial charge in [0.1, 0.15) is 6.54 Å². The van der Waals surface area contributed by atoms with E-state index >= 15 is 0 Å². The Morgan fingerprint density at radius 2 is 1.64 bits per heavy atom. The summed E-state index contributed by atoms with van der Waals surface area (Å²) in [6.07, 6.45) is 2.26. The minimum absolute atomic E-state index is 0.129. The smallest absolute Gasteiger partial charge is 0.455 e. The van der Waals surface area contributed by atoms with E-state index in [-0.39, 0.29) is 6.04 Å². The zero-order chi connectivity index (χ0) is 17.2. The summed E-state index contributed by atoms with van der Waals surface area (Å²) in [5, 5.41) is 2.23. The Morgan fingerprint density at radius 3 is 2.05 bits per heavy atom. The van der Waals surface area contributed by atoms with Gasteiger partial charge in [0.25, 0.3) is 11.9 Å². The molecular formula is C13H21NO7Si.